The molecule has 0 radical (unpaired) electrons. The van der Waals surface area contributed by atoms with Gasteiger partial charge in [0.2, 0.25) is 0 Å². The van der Waals surface area contributed by atoms with E-state index in [1.54, 1.807) is 0 Å². The average Bonchev–Trinajstić information content (AvgIpc) is 2.73. The van der Waals surface area contributed by atoms with E-state index in [4.69, 9.17) is 0 Å². The fourth-order valence-electron chi connectivity index (χ4n) is 2.25. The second-order valence-electron chi connectivity index (χ2n) is 7.35. The minimum Gasteiger partial charge on any atom is -0.507 e. The zero-order chi connectivity index (χ0) is 16.0. The summed E-state index contributed by atoms with van der Waals surface area (Å²) in [6, 6.07) is 3.85. The van der Waals surface area contributed by atoms with E-state index >= 15 is 0 Å². The molecule has 0 saturated heterocycles. The summed E-state index contributed by atoms with van der Waals surface area (Å²) in [5.41, 5.74) is 1.88. The lowest BCUT2D eigenvalue weighted by Crippen LogP contribution is -2.17. The molecule has 1 aromatic heterocycles. The Labute approximate surface area is 129 Å². The van der Waals surface area contributed by atoms with Crippen molar-refractivity contribution in [1.82, 2.24) is 9.36 Å². The number of aromatic nitrogens is 2. The van der Waals surface area contributed by atoms with E-state index in [1.165, 1.54) is 11.5 Å². The van der Waals surface area contributed by atoms with Gasteiger partial charge in [-0.15, -0.1) is 0 Å². The van der Waals surface area contributed by atoms with Crippen LogP contribution in [0, 0.1) is 0 Å². The monoisotopic (exact) mass is 306 g/mol. The van der Waals surface area contributed by atoms with Gasteiger partial charge in [0.15, 0.2) is 0 Å². The van der Waals surface area contributed by atoms with Gasteiger partial charge in [-0.25, -0.2) is 4.79 Å². The van der Waals surface area contributed by atoms with Crippen molar-refractivity contribution >= 4 is 11.5 Å². The number of hydrogen-bond acceptors (Lipinski definition) is 4. The lowest BCUT2D eigenvalue weighted by atomic mass is 9.78. The summed E-state index contributed by atoms with van der Waals surface area (Å²) in [5, 5.41) is 11.3. The third kappa shape index (κ3) is 3.18. The predicted octanol–water partition coefficient (Wildman–Crippen LogP) is 3.80. The van der Waals surface area contributed by atoms with Gasteiger partial charge in [-0.2, -0.15) is 4.98 Å². The molecule has 0 aliphatic heterocycles. The van der Waals surface area contributed by atoms with Crippen molar-refractivity contribution in [3.63, 3.8) is 0 Å². The molecule has 1 aromatic carbocycles. The van der Waals surface area contributed by atoms with Gasteiger partial charge in [-0.1, -0.05) is 41.5 Å². The highest BCUT2D eigenvalue weighted by Gasteiger charge is 2.27. The normalized spacial score (nSPS) is 12.7. The lowest BCUT2D eigenvalue weighted by molar-refractivity contribution is 0.423. The highest BCUT2D eigenvalue weighted by molar-refractivity contribution is 7.09. The zero-order valence-corrected chi connectivity index (χ0v) is 14.2. The van der Waals surface area contributed by atoms with Gasteiger partial charge < -0.3 is 5.11 Å². The Morgan fingerprint density at radius 3 is 1.86 bits per heavy atom. The smallest absolute Gasteiger partial charge is 0.355 e. The van der Waals surface area contributed by atoms with Gasteiger partial charge >= 0.3 is 5.69 Å². The molecule has 0 amide bonds. The molecule has 2 aromatic rings. The van der Waals surface area contributed by atoms with Crippen LogP contribution in [-0.2, 0) is 10.8 Å². The minimum atomic E-state index is -0.335. The highest BCUT2D eigenvalue weighted by Crippen LogP contribution is 2.41. The van der Waals surface area contributed by atoms with Gasteiger partial charge in [0.05, 0.1) is 0 Å². The number of aromatic amines is 1. The summed E-state index contributed by atoms with van der Waals surface area (Å²) >= 11 is 1.22. The Morgan fingerprint density at radius 1 is 1.05 bits per heavy atom. The van der Waals surface area contributed by atoms with Crippen LogP contribution in [0.3, 0.4) is 0 Å². The molecule has 2 N–H and O–H groups in total. The maximum absolute atomic E-state index is 11.3. The first-order valence-electron chi connectivity index (χ1n) is 6.94. The largest absolute Gasteiger partial charge is 0.507 e. The third-order valence-corrected chi connectivity index (χ3v) is 4.21. The average molecular weight is 306 g/mol. The number of phenols is 1. The molecule has 0 spiro atoms. The maximum atomic E-state index is 11.3. The third-order valence-electron chi connectivity index (χ3n) is 3.41. The van der Waals surface area contributed by atoms with Crippen molar-refractivity contribution in [3.8, 4) is 16.3 Å². The Morgan fingerprint density at radius 2 is 1.52 bits per heavy atom. The van der Waals surface area contributed by atoms with Crippen molar-refractivity contribution < 1.29 is 5.11 Å². The summed E-state index contributed by atoms with van der Waals surface area (Å²) < 4.78 is 2.61. The topological polar surface area (TPSA) is 66.0 Å². The van der Waals surface area contributed by atoms with Gasteiger partial charge in [0.25, 0.3) is 0 Å². The molecule has 0 atom stereocenters. The van der Waals surface area contributed by atoms with E-state index in [1.807, 2.05) is 12.1 Å². The first-order chi connectivity index (χ1) is 9.50. The van der Waals surface area contributed by atoms with Gasteiger partial charge in [0.1, 0.15) is 10.8 Å². The molecule has 114 valence electrons. The molecule has 2 rings (SSSR count). The maximum Gasteiger partial charge on any atom is 0.355 e. The molecule has 21 heavy (non-hydrogen) atoms. The Hall–Kier alpha value is -1.62. The summed E-state index contributed by atoms with van der Waals surface area (Å²) in [4.78, 5) is 15.3. The first-order valence-corrected chi connectivity index (χ1v) is 7.75. The fraction of sp³-hybridized carbons (Fsp3) is 0.500. The van der Waals surface area contributed by atoms with Crippen LogP contribution in [0.4, 0.5) is 0 Å². The molecule has 0 saturated carbocycles. The van der Waals surface area contributed by atoms with Crippen molar-refractivity contribution in [2.75, 3.05) is 0 Å². The zero-order valence-electron chi connectivity index (χ0n) is 13.4. The van der Waals surface area contributed by atoms with Gasteiger partial charge in [-0.05, 0) is 34.5 Å². The van der Waals surface area contributed by atoms with Crippen molar-refractivity contribution in [1.29, 1.82) is 0 Å². The van der Waals surface area contributed by atoms with Gasteiger partial charge in [0, 0.05) is 16.7 Å². The standard InChI is InChI=1S/C16H22N2O2S/c1-15(2,3)10-7-9(13-17-14(20)18-21-13)8-11(12(10)19)16(4,5)6/h7-8,19H,1-6H3,(H,18,20). The molecule has 0 unspecified atom stereocenters. The van der Waals surface area contributed by atoms with Crippen LogP contribution < -0.4 is 5.69 Å². The van der Waals surface area contributed by atoms with Crippen LogP contribution in [-0.4, -0.2) is 14.5 Å². The van der Waals surface area contributed by atoms with Crippen LogP contribution in [0.5, 0.6) is 5.75 Å². The number of rotatable bonds is 1. The molecule has 4 nitrogen and oxygen atoms in total. The van der Waals surface area contributed by atoms with Crippen LogP contribution in [0.2, 0.25) is 0 Å². The lowest BCUT2D eigenvalue weighted by Gasteiger charge is -2.27. The summed E-state index contributed by atoms with van der Waals surface area (Å²) in [5.74, 6) is 0.335. The van der Waals surface area contributed by atoms with E-state index in [0.717, 1.165) is 16.7 Å². The molecule has 0 fully saturated rings. The number of hydrogen-bond donors (Lipinski definition) is 2. The summed E-state index contributed by atoms with van der Waals surface area (Å²) in [6.07, 6.45) is 0. The number of nitrogens with one attached hydrogen (secondary N) is 1. The van der Waals surface area contributed by atoms with E-state index < -0.39 is 0 Å². The van der Waals surface area contributed by atoms with Crippen molar-refractivity contribution in [2.45, 2.75) is 52.4 Å². The van der Waals surface area contributed by atoms with Crippen molar-refractivity contribution in [3.05, 3.63) is 33.7 Å². The molecule has 0 aliphatic rings. The second kappa shape index (κ2) is 4.98. The quantitative estimate of drug-likeness (QED) is 0.842. The summed E-state index contributed by atoms with van der Waals surface area (Å²) in [7, 11) is 0. The van der Waals surface area contributed by atoms with Gasteiger partial charge in [-0.3, -0.25) is 4.37 Å². The molecule has 1 heterocycles. The van der Waals surface area contributed by atoms with E-state index in [9.17, 15) is 9.90 Å². The molecule has 5 heteroatoms. The van der Waals surface area contributed by atoms with E-state index in [0.29, 0.717) is 10.8 Å². The molecular weight excluding hydrogens is 284 g/mol. The minimum absolute atomic E-state index is 0.193. The number of phenolic OH excluding ortho intramolecular Hbond substituents is 1. The van der Waals surface area contributed by atoms with Crippen LogP contribution in [0.1, 0.15) is 52.7 Å². The Bertz CT molecular complexity index is 680. The SMILES string of the molecule is CC(C)(C)c1cc(-c2nc(=O)[nH]s2)cc(C(C)(C)C)c1O. The number of H-pyrrole nitrogens is 1. The molecular formula is C16H22N2O2S. The van der Waals surface area contributed by atoms with E-state index in [2.05, 4.69) is 50.9 Å². The van der Waals surface area contributed by atoms with E-state index in [-0.39, 0.29) is 16.5 Å². The van der Waals surface area contributed by atoms with Crippen LogP contribution in [0.25, 0.3) is 10.6 Å². The van der Waals surface area contributed by atoms with Crippen molar-refractivity contribution in [2.24, 2.45) is 0 Å². The second-order valence-corrected chi connectivity index (χ2v) is 8.14. The first kappa shape index (κ1) is 15.8. The number of benzene rings is 1. The van der Waals surface area contributed by atoms with Crippen LogP contribution in [0.15, 0.2) is 16.9 Å². The molecule has 0 aliphatic carbocycles. The van der Waals surface area contributed by atoms with Crippen LogP contribution >= 0.6 is 11.5 Å². The molecule has 0 bridgehead atoms. The summed E-state index contributed by atoms with van der Waals surface area (Å²) in [6.45, 7) is 12.4. The highest BCUT2D eigenvalue weighted by atomic mass is 32.1. The predicted molar refractivity (Wildman–Crippen MR) is 87.2 cm³/mol. The Kier molecular flexibility index (Phi) is 3.74. The number of aromatic hydroxyl groups is 1. The Balaban J connectivity index is 2.77. The number of nitrogens with zero attached hydrogens (tertiary/aromatic N) is 1. The fourth-order valence-corrected chi connectivity index (χ4v) is 2.85.